The molecule has 188 valence electrons. The molecule has 1 saturated carbocycles. The molecule has 2 aromatic carbocycles. The number of aromatic amines is 1. The molecule has 0 saturated heterocycles. The largest absolute Gasteiger partial charge is 0.321 e. The van der Waals surface area contributed by atoms with E-state index >= 15 is 0 Å². The average Bonchev–Trinajstić information content (AvgIpc) is 3.59. The zero-order chi connectivity index (χ0) is 25.1. The molecule has 7 heteroatoms. The number of aryl methyl sites for hydroxylation is 2. The van der Waals surface area contributed by atoms with Crippen LogP contribution in [0.3, 0.4) is 0 Å². The molecular formula is C29H36N6O. The maximum atomic E-state index is 13.3. The van der Waals surface area contributed by atoms with Gasteiger partial charge in [0.25, 0.3) is 5.56 Å². The van der Waals surface area contributed by atoms with Gasteiger partial charge in [-0.3, -0.25) is 9.69 Å². The van der Waals surface area contributed by atoms with E-state index in [1.54, 1.807) is 0 Å². The molecule has 1 aliphatic carbocycles. The number of nitrogens with one attached hydrogen (secondary N) is 1. The molecule has 1 fully saturated rings. The standard InChI is InChI=1S/C29H36N6O/c1-4-26(28-31-32-33-35(28)24-12-8-9-13-24)34(17-16-22-10-6-5-7-11-22)19-23-18-25-20(2)14-15-21(3)27(25)30-29(23)36/h5-7,10-11,14-15,18,24,26H,4,8-9,12-13,16-17,19H2,1-3H3,(H,30,36)/t26-/m1/s1. The summed E-state index contributed by atoms with van der Waals surface area (Å²) in [5.74, 6) is 0.918. The molecule has 0 amide bonds. The Hall–Kier alpha value is -3.32. The molecule has 0 spiro atoms. The lowest BCUT2D eigenvalue weighted by atomic mass is 10.0. The van der Waals surface area contributed by atoms with Crippen LogP contribution in [0.25, 0.3) is 10.9 Å². The molecular weight excluding hydrogens is 448 g/mol. The highest BCUT2D eigenvalue weighted by Crippen LogP contribution is 2.33. The van der Waals surface area contributed by atoms with Gasteiger partial charge in [0.1, 0.15) is 0 Å². The summed E-state index contributed by atoms with van der Waals surface area (Å²) >= 11 is 0. The van der Waals surface area contributed by atoms with E-state index in [-0.39, 0.29) is 11.6 Å². The molecule has 2 aromatic heterocycles. The van der Waals surface area contributed by atoms with Gasteiger partial charge in [0, 0.05) is 24.0 Å². The summed E-state index contributed by atoms with van der Waals surface area (Å²) < 4.78 is 2.06. The second-order valence-corrected chi connectivity index (χ2v) is 10.2. The molecule has 1 aliphatic rings. The number of hydrogen-bond donors (Lipinski definition) is 1. The van der Waals surface area contributed by atoms with Crippen LogP contribution in [-0.4, -0.2) is 36.6 Å². The Bertz CT molecular complexity index is 1370. The van der Waals surface area contributed by atoms with Crippen molar-refractivity contribution in [3.05, 3.63) is 87.0 Å². The topological polar surface area (TPSA) is 79.7 Å². The summed E-state index contributed by atoms with van der Waals surface area (Å²) in [5, 5.41) is 14.1. The van der Waals surface area contributed by atoms with E-state index in [1.165, 1.54) is 24.0 Å². The Morgan fingerprint density at radius 3 is 2.58 bits per heavy atom. The summed E-state index contributed by atoms with van der Waals surface area (Å²) in [6.45, 7) is 7.68. The highest BCUT2D eigenvalue weighted by Gasteiger charge is 2.29. The lowest BCUT2D eigenvalue weighted by molar-refractivity contribution is 0.169. The Labute approximate surface area is 212 Å². The first-order valence-corrected chi connectivity index (χ1v) is 13.2. The summed E-state index contributed by atoms with van der Waals surface area (Å²) in [4.78, 5) is 18.8. The molecule has 0 bridgehead atoms. The van der Waals surface area contributed by atoms with Crippen molar-refractivity contribution < 1.29 is 0 Å². The maximum absolute atomic E-state index is 13.3. The molecule has 7 nitrogen and oxygen atoms in total. The van der Waals surface area contributed by atoms with Crippen LogP contribution < -0.4 is 5.56 Å². The predicted molar refractivity (Wildman–Crippen MR) is 143 cm³/mol. The van der Waals surface area contributed by atoms with Gasteiger partial charge >= 0.3 is 0 Å². The van der Waals surface area contributed by atoms with E-state index in [4.69, 9.17) is 0 Å². The maximum Gasteiger partial charge on any atom is 0.252 e. The van der Waals surface area contributed by atoms with Crippen molar-refractivity contribution in [2.24, 2.45) is 0 Å². The summed E-state index contributed by atoms with van der Waals surface area (Å²) in [7, 11) is 0. The quantitative estimate of drug-likeness (QED) is 0.342. The smallest absolute Gasteiger partial charge is 0.252 e. The first kappa shape index (κ1) is 24.4. The predicted octanol–water partition coefficient (Wildman–Crippen LogP) is 5.44. The molecule has 1 N–H and O–H groups in total. The number of fused-ring (bicyclic) bond motifs is 1. The molecule has 0 unspecified atom stereocenters. The molecule has 0 aliphatic heterocycles. The van der Waals surface area contributed by atoms with Gasteiger partial charge in [-0.05, 0) is 72.7 Å². The third-order valence-corrected chi connectivity index (χ3v) is 7.74. The Kier molecular flexibility index (Phi) is 7.28. The van der Waals surface area contributed by atoms with Crippen molar-refractivity contribution in [3.63, 3.8) is 0 Å². The Morgan fingerprint density at radius 1 is 1.08 bits per heavy atom. The molecule has 2 heterocycles. The third-order valence-electron chi connectivity index (χ3n) is 7.74. The van der Waals surface area contributed by atoms with Crippen LogP contribution in [0.15, 0.2) is 53.3 Å². The average molecular weight is 485 g/mol. The fourth-order valence-corrected chi connectivity index (χ4v) is 5.65. The Morgan fingerprint density at radius 2 is 1.83 bits per heavy atom. The van der Waals surface area contributed by atoms with Gasteiger partial charge in [-0.15, -0.1) is 5.10 Å². The highest BCUT2D eigenvalue weighted by molar-refractivity contribution is 5.85. The van der Waals surface area contributed by atoms with Gasteiger partial charge in [-0.1, -0.05) is 62.2 Å². The first-order valence-electron chi connectivity index (χ1n) is 13.2. The number of H-pyrrole nitrogens is 1. The molecule has 5 rings (SSSR count). The number of hydrogen-bond acceptors (Lipinski definition) is 5. The van der Waals surface area contributed by atoms with Gasteiger partial charge in [0.05, 0.1) is 17.6 Å². The van der Waals surface area contributed by atoms with Crippen molar-refractivity contribution in [2.75, 3.05) is 6.54 Å². The SMILES string of the molecule is CC[C@H](c1nnnn1C1CCCC1)N(CCc1ccccc1)Cc1cc2c(C)ccc(C)c2[nH]c1=O. The van der Waals surface area contributed by atoms with Gasteiger partial charge < -0.3 is 4.98 Å². The highest BCUT2D eigenvalue weighted by atomic mass is 16.1. The van der Waals surface area contributed by atoms with Gasteiger partial charge in [0.2, 0.25) is 0 Å². The second kappa shape index (κ2) is 10.7. The van der Waals surface area contributed by atoms with Crippen LogP contribution in [0.5, 0.6) is 0 Å². The van der Waals surface area contributed by atoms with E-state index in [0.717, 1.165) is 60.1 Å². The lowest BCUT2D eigenvalue weighted by Crippen LogP contribution is -2.34. The van der Waals surface area contributed by atoms with Crippen molar-refractivity contribution >= 4 is 10.9 Å². The third kappa shape index (κ3) is 4.98. The first-order chi connectivity index (χ1) is 17.5. The lowest BCUT2D eigenvalue weighted by Gasteiger charge is -2.31. The van der Waals surface area contributed by atoms with E-state index in [1.807, 2.05) is 13.0 Å². The minimum Gasteiger partial charge on any atom is -0.321 e. The molecule has 0 radical (unpaired) electrons. The number of nitrogens with zero attached hydrogens (tertiary/aromatic N) is 5. The van der Waals surface area contributed by atoms with Gasteiger partial charge in [-0.25, -0.2) is 4.68 Å². The van der Waals surface area contributed by atoms with E-state index < -0.39 is 0 Å². The van der Waals surface area contributed by atoms with Crippen molar-refractivity contribution in [3.8, 4) is 0 Å². The number of pyridine rings is 1. The normalized spacial score (nSPS) is 15.2. The zero-order valence-corrected chi connectivity index (χ0v) is 21.6. The van der Waals surface area contributed by atoms with Crippen LogP contribution in [0, 0.1) is 13.8 Å². The Balaban J connectivity index is 1.51. The van der Waals surface area contributed by atoms with E-state index in [0.29, 0.717) is 12.6 Å². The fraction of sp³-hybridized carbons (Fsp3) is 0.448. The van der Waals surface area contributed by atoms with Crippen molar-refractivity contribution in [1.82, 2.24) is 30.1 Å². The minimum absolute atomic E-state index is 0.0221. The molecule has 1 atom stereocenters. The number of rotatable bonds is 9. The zero-order valence-electron chi connectivity index (χ0n) is 21.6. The van der Waals surface area contributed by atoms with Crippen LogP contribution in [-0.2, 0) is 13.0 Å². The number of aromatic nitrogens is 5. The van der Waals surface area contributed by atoms with Crippen LogP contribution in [0.4, 0.5) is 0 Å². The van der Waals surface area contributed by atoms with Crippen molar-refractivity contribution in [2.45, 2.75) is 77.9 Å². The summed E-state index contributed by atoms with van der Waals surface area (Å²) in [5.41, 5.74) is 5.22. The van der Waals surface area contributed by atoms with Crippen LogP contribution in [0.2, 0.25) is 0 Å². The van der Waals surface area contributed by atoms with Crippen molar-refractivity contribution in [1.29, 1.82) is 0 Å². The second-order valence-electron chi connectivity index (χ2n) is 10.2. The molecule has 4 aromatic rings. The van der Waals surface area contributed by atoms with Gasteiger partial charge in [-0.2, -0.15) is 0 Å². The fourth-order valence-electron chi connectivity index (χ4n) is 5.65. The van der Waals surface area contributed by atoms with E-state index in [2.05, 4.69) is 86.4 Å². The van der Waals surface area contributed by atoms with E-state index in [9.17, 15) is 4.79 Å². The summed E-state index contributed by atoms with van der Waals surface area (Å²) in [6, 6.07) is 17.2. The summed E-state index contributed by atoms with van der Waals surface area (Å²) in [6.07, 6.45) is 6.47. The van der Waals surface area contributed by atoms with Gasteiger partial charge in [0.15, 0.2) is 5.82 Å². The monoisotopic (exact) mass is 484 g/mol. The van der Waals surface area contributed by atoms with Crippen LogP contribution in [0.1, 0.15) is 79.2 Å². The van der Waals surface area contributed by atoms with Crippen LogP contribution >= 0.6 is 0 Å². The number of benzene rings is 2. The number of tetrazole rings is 1. The minimum atomic E-state index is -0.0221. The molecule has 36 heavy (non-hydrogen) atoms.